The van der Waals surface area contributed by atoms with Crippen LogP contribution in [-0.4, -0.2) is 11.8 Å². The number of para-hydroxylation sites is 2. The van der Waals surface area contributed by atoms with Crippen molar-refractivity contribution in [1.29, 1.82) is 0 Å². The van der Waals surface area contributed by atoms with E-state index in [4.69, 9.17) is 5.73 Å². The summed E-state index contributed by atoms with van der Waals surface area (Å²) >= 11 is 0. The van der Waals surface area contributed by atoms with Crippen molar-refractivity contribution in [1.82, 2.24) is 0 Å². The van der Waals surface area contributed by atoms with Gasteiger partial charge in [-0.25, -0.2) is 0 Å². The number of nitrogens with two attached hydrogens (primary N) is 1. The molecule has 4 nitrogen and oxygen atoms in total. The molecule has 2 aromatic rings. The zero-order chi connectivity index (χ0) is 17.2. The highest BCUT2D eigenvalue weighted by molar-refractivity contribution is 6.00. The van der Waals surface area contributed by atoms with Gasteiger partial charge in [-0.15, -0.1) is 0 Å². The monoisotopic (exact) mass is 324 g/mol. The molecule has 0 atom stereocenters. The van der Waals surface area contributed by atoms with E-state index in [1.807, 2.05) is 60.7 Å². The van der Waals surface area contributed by atoms with Gasteiger partial charge in [0.05, 0.1) is 0 Å². The Kier molecular flexibility index (Phi) is 7.02. The SMILES string of the molecule is NC(=O)CCCCCCC(=O)N(c1ccccc1)c1ccccc1. The van der Waals surface area contributed by atoms with Gasteiger partial charge in [0.25, 0.3) is 0 Å². The molecular formula is C20H24N2O2. The summed E-state index contributed by atoms with van der Waals surface area (Å²) in [6.07, 6.45) is 4.37. The smallest absolute Gasteiger partial charge is 0.231 e. The van der Waals surface area contributed by atoms with Crippen LogP contribution in [0.2, 0.25) is 0 Å². The number of hydrogen-bond acceptors (Lipinski definition) is 2. The van der Waals surface area contributed by atoms with Crippen molar-refractivity contribution in [2.24, 2.45) is 5.73 Å². The molecule has 0 aliphatic heterocycles. The molecule has 2 amide bonds. The van der Waals surface area contributed by atoms with E-state index in [0.717, 1.165) is 37.1 Å². The van der Waals surface area contributed by atoms with Crippen molar-refractivity contribution in [3.8, 4) is 0 Å². The largest absolute Gasteiger partial charge is 0.370 e. The quantitative estimate of drug-likeness (QED) is 0.703. The lowest BCUT2D eigenvalue weighted by molar-refractivity contribution is -0.119. The molecule has 0 spiro atoms. The molecule has 2 aromatic carbocycles. The topological polar surface area (TPSA) is 63.4 Å². The van der Waals surface area contributed by atoms with Gasteiger partial charge < -0.3 is 5.73 Å². The number of hydrogen-bond donors (Lipinski definition) is 1. The van der Waals surface area contributed by atoms with Gasteiger partial charge in [0.15, 0.2) is 0 Å². The molecule has 0 aliphatic rings. The number of benzene rings is 2. The number of nitrogens with zero attached hydrogens (tertiary/aromatic N) is 1. The number of amides is 2. The minimum absolute atomic E-state index is 0.0855. The van der Waals surface area contributed by atoms with Crippen LogP contribution in [-0.2, 0) is 9.59 Å². The van der Waals surface area contributed by atoms with Crippen molar-refractivity contribution >= 4 is 23.2 Å². The van der Waals surface area contributed by atoms with Crippen molar-refractivity contribution < 1.29 is 9.59 Å². The molecule has 126 valence electrons. The van der Waals surface area contributed by atoms with E-state index in [0.29, 0.717) is 12.8 Å². The average Bonchev–Trinajstić information content (AvgIpc) is 2.60. The van der Waals surface area contributed by atoms with Crippen LogP contribution in [0.4, 0.5) is 11.4 Å². The van der Waals surface area contributed by atoms with Crippen molar-refractivity contribution in [3.63, 3.8) is 0 Å². The average molecular weight is 324 g/mol. The summed E-state index contributed by atoms with van der Waals surface area (Å²) in [6, 6.07) is 19.4. The third kappa shape index (κ3) is 5.54. The minimum Gasteiger partial charge on any atom is -0.370 e. The molecule has 0 bridgehead atoms. The van der Waals surface area contributed by atoms with Crippen LogP contribution in [0.15, 0.2) is 60.7 Å². The molecule has 2 N–H and O–H groups in total. The van der Waals surface area contributed by atoms with E-state index in [1.54, 1.807) is 4.90 Å². The number of anilines is 2. The first-order chi connectivity index (χ1) is 11.7. The second kappa shape index (κ2) is 9.50. The van der Waals surface area contributed by atoms with Gasteiger partial charge in [-0.3, -0.25) is 14.5 Å². The second-order valence-corrected chi connectivity index (χ2v) is 5.78. The minimum atomic E-state index is -0.259. The summed E-state index contributed by atoms with van der Waals surface area (Å²) in [4.78, 5) is 25.2. The van der Waals surface area contributed by atoms with Gasteiger partial charge in [-0.2, -0.15) is 0 Å². The molecular weight excluding hydrogens is 300 g/mol. The predicted octanol–water partition coefficient (Wildman–Crippen LogP) is 4.18. The molecule has 0 aliphatic carbocycles. The summed E-state index contributed by atoms with van der Waals surface area (Å²) in [6.45, 7) is 0. The number of carbonyl (C=O) groups excluding carboxylic acids is 2. The predicted molar refractivity (Wildman–Crippen MR) is 96.9 cm³/mol. The number of carbonyl (C=O) groups is 2. The van der Waals surface area contributed by atoms with Crippen molar-refractivity contribution in [3.05, 3.63) is 60.7 Å². The van der Waals surface area contributed by atoms with Crippen LogP contribution in [0.1, 0.15) is 38.5 Å². The van der Waals surface area contributed by atoms with E-state index in [1.165, 1.54) is 0 Å². The molecule has 0 unspecified atom stereocenters. The molecule has 0 saturated carbocycles. The van der Waals surface area contributed by atoms with Crippen molar-refractivity contribution in [2.75, 3.05) is 4.90 Å². The highest BCUT2D eigenvalue weighted by atomic mass is 16.2. The molecule has 0 fully saturated rings. The zero-order valence-corrected chi connectivity index (χ0v) is 13.9. The molecule has 24 heavy (non-hydrogen) atoms. The van der Waals surface area contributed by atoms with Crippen LogP contribution in [0.25, 0.3) is 0 Å². The standard InChI is InChI=1S/C20H24N2O2/c21-19(23)15-9-1-2-10-16-20(24)22(17-11-5-3-6-12-17)18-13-7-4-8-14-18/h3-8,11-14H,1-2,9-10,15-16H2,(H2,21,23). The van der Waals surface area contributed by atoms with E-state index >= 15 is 0 Å². The van der Waals surface area contributed by atoms with Gasteiger partial charge in [0.1, 0.15) is 0 Å². The van der Waals surface area contributed by atoms with Crippen molar-refractivity contribution in [2.45, 2.75) is 38.5 Å². The van der Waals surface area contributed by atoms with Gasteiger partial charge >= 0.3 is 0 Å². The van der Waals surface area contributed by atoms with Crippen LogP contribution < -0.4 is 10.6 Å². The molecule has 0 saturated heterocycles. The summed E-state index contributed by atoms with van der Waals surface area (Å²) in [5.74, 6) is -0.173. The summed E-state index contributed by atoms with van der Waals surface area (Å²) in [5.41, 5.74) is 6.88. The van der Waals surface area contributed by atoms with E-state index < -0.39 is 0 Å². The Bertz CT molecular complexity index is 602. The maximum absolute atomic E-state index is 12.7. The van der Waals surface area contributed by atoms with E-state index in [2.05, 4.69) is 0 Å². The molecule has 0 heterocycles. The fraction of sp³-hybridized carbons (Fsp3) is 0.300. The number of rotatable bonds is 9. The molecule has 2 rings (SSSR count). The Morgan fingerprint density at radius 3 is 1.62 bits per heavy atom. The van der Waals surface area contributed by atoms with Gasteiger partial charge in [-0.05, 0) is 37.1 Å². The summed E-state index contributed by atoms with van der Waals surface area (Å²) in [7, 11) is 0. The van der Waals surface area contributed by atoms with Gasteiger partial charge in [0, 0.05) is 24.2 Å². The Morgan fingerprint density at radius 2 is 1.17 bits per heavy atom. The van der Waals surface area contributed by atoms with Crippen LogP contribution >= 0.6 is 0 Å². The Balaban J connectivity index is 1.95. The Labute approximate surface area is 143 Å². The second-order valence-electron chi connectivity index (χ2n) is 5.78. The molecule has 4 heteroatoms. The first-order valence-corrected chi connectivity index (χ1v) is 8.40. The highest BCUT2D eigenvalue weighted by Crippen LogP contribution is 2.26. The zero-order valence-electron chi connectivity index (χ0n) is 13.9. The first-order valence-electron chi connectivity index (χ1n) is 8.40. The number of unbranched alkanes of at least 4 members (excludes halogenated alkanes) is 3. The summed E-state index contributed by atoms with van der Waals surface area (Å²) < 4.78 is 0. The normalized spacial score (nSPS) is 10.3. The lowest BCUT2D eigenvalue weighted by Crippen LogP contribution is -2.25. The van der Waals surface area contributed by atoms with Gasteiger partial charge in [0.2, 0.25) is 11.8 Å². The van der Waals surface area contributed by atoms with Crippen LogP contribution in [0, 0.1) is 0 Å². The fourth-order valence-corrected chi connectivity index (χ4v) is 2.63. The third-order valence-corrected chi connectivity index (χ3v) is 3.84. The van der Waals surface area contributed by atoms with E-state index in [9.17, 15) is 9.59 Å². The maximum Gasteiger partial charge on any atom is 0.231 e. The maximum atomic E-state index is 12.7. The van der Waals surface area contributed by atoms with Crippen LogP contribution in [0.3, 0.4) is 0 Å². The Hall–Kier alpha value is -2.62. The van der Waals surface area contributed by atoms with Crippen LogP contribution in [0.5, 0.6) is 0 Å². The highest BCUT2D eigenvalue weighted by Gasteiger charge is 2.16. The lowest BCUT2D eigenvalue weighted by atomic mass is 10.1. The lowest BCUT2D eigenvalue weighted by Gasteiger charge is -2.23. The summed E-state index contributed by atoms with van der Waals surface area (Å²) in [5, 5.41) is 0. The Morgan fingerprint density at radius 1 is 0.708 bits per heavy atom. The third-order valence-electron chi connectivity index (χ3n) is 3.84. The number of primary amides is 1. The fourth-order valence-electron chi connectivity index (χ4n) is 2.63. The molecule has 0 aromatic heterocycles. The molecule has 0 radical (unpaired) electrons. The first kappa shape index (κ1) is 17.7. The van der Waals surface area contributed by atoms with E-state index in [-0.39, 0.29) is 11.8 Å². The van der Waals surface area contributed by atoms with Gasteiger partial charge in [-0.1, -0.05) is 49.2 Å².